The molecule has 5 aromatic heterocycles. The highest BCUT2D eigenvalue weighted by molar-refractivity contribution is 5.95. The SMILES string of the molecule is Cc1cn(-c2cccc3[nH]c(-c4n[nH]c5cnc(-c6cncc(O)c6)cc45)nc23)cn1. The number of nitrogens with zero attached hydrogens (tertiary/aromatic N) is 6. The maximum Gasteiger partial charge on any atom is 0.159 e. The van der Waals surface area contributed by atoms with Gasteiger partial charge in [-0.2, -0.15) is 5.10 Å². The van der Waals surface area contributed by atoms with Crippen LogP contribution in [-0.4, -0.2) is 44.8 Å². The van der Waals surface area contributed by atoms with Gasteiger partial charge in [-0.05, 0) is 31.2 Å². The molecule has 0 atom stereocenters. The van der Waals surface area contributed by atoms with Crippen molar-refractivity contribution in [2.24, 2.45) is 0 Å². The first-order valence-corrected chi connectivity index (χ1v) is 9.64. The van der Waals surface area contributed by atoms with Crippen molar-refractivity contribution < 1.29 is 5.11 Å². The summed E-state index contributed by atoms with van der Waals surface area (Å²) in [5, 5.41) is 18.1. The highest BCUT2D eigenvalue weighted by Gasteiger charge is 2.16. The normalized spacial score (nSPS) is 11.5. The third-order valence-electron chi connectivity index (χ3n) is 5.17. The number of H-pyrrole nitrogens is 2. The standard InChI is InChI=1S/C22H16N8O/c1-12-10-30(11-25-12)19-4-2-3-16-21(19)27-22(26-16)20-15-6-17(24-9-18(15)28-29-20)13-5-14(31)8-23-7-13/h2-11,31H,1H3,(H,26,27)(H,28,29). The maximum atomic E-state index is 9.75. The number of fused-ring (bicyclic) bond motifs is 2. The average molecular weight is 408 g/mol. The van der Waals surface area contributed by atoms with Gasteiger partial charge in [0, 0.05) is 23.3 Å². The molecule has 1 aromatic carbocycles. The molecule has 6 aromatic rings. The Balaban J connectivity index is 1.51. The Bertz CT molecular complexity index is 1580. The van der Waals surface area contributed by atoms with E-state index in [-0.39, 0.29) is 5.75 Å². The van der Waals surface area contributed by atoms with Gasteiger partial charge in [0.25, 0.3) is 0 Å². The molecule has 0 aliphatic rings. The second-order valence-corrected chi connectivity index (χ2v) is 7.30. The number of hydrogen-bond donors (Lipinski definition) is 3. The van der Waals surface area contributed by atoms with Crippen LogP contribution in [0.1, 0.15) is 5.69 Å². The first-order chi connectivity index (χ1) is 15.2. The van der Waals surface area contributed by atoms with Crippen molar-refractivity contribution >= 4 is 21.9 Å². The van der Waals surface area contributed by atoms with Crippen molar-refractivity contribution in [3.63, 3.8) is 0 Å². The molecule has 0 amide bonds. The van der Waals surface area contributed by atoms with Crippen molar-refractivity contribution in [2.75, 3.05) is 0 Å². The predicted molar refractivity (Wildman–Crippen MR) is 116 cm³/mol. The number of para-hydroxylation sites is 1. The fourth-order valence-electron chi connectivity index (χ4n) is 3.71. The second kappa shape index (κ2) is 6.49. The molecule has 0 aliphatic carbocycles. The minimum absolute atomic E-state index is 0.0892. The molecule has 0 saturated carbocycles. The van der Waals surface area contributed by atoms with Crippen molar-refractivity contribution in [3.8, 4) is 34.2 Å². The Hall–Kier alpha value is -4.53. The van der Waals surface area contributed by atoms with Gasteiger partial charge in [-0.25, -0.2) is 9.97 Å². The van der Waals surface area contributed by atoms with E-state index in [1.807, 2.05) is 42.0 Å². The average Bonchev–Trinajstić information content (AvgIpc) is 3.50. The lowest BCUT2D eigenvalue weighted by atomic mass is 10.1. The smallest absolute Gasteiger partial charge is 0.159 e. The summed E-state index contributed by atoms with van der Waals surface area (Å²) in [4.78, 5) is 21.0. The number of aromatic nitrogens is 8. The van der Waals surface area contributed by atoms with E-state index in [1.165, 1.54) is 6.20 Å². The third kappa shape index (κ3) is 2.83. The molecule has 0 fully saturated rings. The molecule has 0 bridgehead atoms. The van der Waals surface area contributed by atoms with Crippen LogP contribution in [0, 0.1) is 6.92 Å². The number of imidazole rings is 2. The van der Waals surface area contributed by atoms with Crippen LogP contribution in [0.4, 0.5) is 0 Å². The number of aryl methyl sites for hydroxylation is 1. The molecule has 6 rings (SSSR count). The van der Waals surface area contributed by atoms with Crippen molar-refractivity contribution in [2.45, 2.75) is 6.92 Å². The Morgan fingerprint density at radius 2 is 1.97 bits per heavy atom. The Morgan fingerprint density at radius 3 is 2.81 bits per heavy atom. The van der Waals surface area contributed by atoms with E-state index in [2.05, 4.69) is 30.1 Å². The Morgan fingerprint density at radius 1 is 1.03 bits per heavy atom. The molecule has 9 heteroatoms. The van der Waals surface area contributed by atoms with Gasteiger partial charge in [0.05, 0.1) is 46.8 Å². The molecule has 0 unspecified atom stereocenters. The minimum atomic E-state index is 0.0892. The van der Waals surface area contributed by atoms with Gasteiger partial charge in [0.2, 0.25) is 0 Å². The fraction of sp³-hybridized carbons (Fsp3) is 0.0455. The third-order valence-corrected chi connectivity index (χ3v) is 5.17. The van der Waals surface area contributed by atoms with E-state index in [0.29, 0.717) is 17.2 Å². The zero-order valence-corrected chi connectivity index (χ0v) is 16.4. The highest BCUT2D eigenvalue weighted by Crippen LogP contribution is 2.30. The summed E-state index contributed by atoms with van der Waals surface area (Å²) >= 11 is 0. The number of nitrogens with one attached hydrogen (secondary N) is 2. The maximum absolute atomic E-state index is 9.75. The summed E-state index contributed by atoms with van der Waals surface area (Å²) in [6.45, 7) is 1.95. The first kappa shape index (κ1) is 17.3. The van der Waals surface area contributed by atoms with Crippen LogP contribution in [0.25, 0.3) is 50.4 Å². The van der Waals surface area contributed by atoms with Gasteiger partial charge in [0.1, 0.15) is 17.0 Å². The number of aromatic hydroxyl groups is 1. The quantitative estimate of drug-likeness (QED) is 0.410. The first-order valence-electron chi connectivity index (χ1n) is 9.64. The molecule has 9 nitrogen and oxygen atoms in total. The van der Waals surface area contributed by atoms with Crippen LogP contribution in [-0.2, 0) is 0 Å². The zero-order valence-electron chi connectivity index (χ0n) is 16.4. The summed E-state index contributed by atoms with van der Waals surface area (Å²) in [5.74, 6) is 0.739. The number of aromatic amines is 2. The van der Waals surface area contributed by atoms with Gasteiger partial charge >= 0.3 is 0 Å². The van der Waals surface area contributed by atoms with Crippen LogP contribution < -0.4 is 0 Å². The topological polar surface area (TPSA) is 121 Å². The highest BCUT2D eigenvalue weighted by atomic mass is 16.3. The van der Waals surface area contributed by atoms with Crippen LogP contribution in [0.3, 0.4) is 0 Å². The second-order valence-electron chi connectivity index (χ2n) is 7.30. The zero-order chi connectivity index (χ0) is 20.9. The van der Waals surface area contributed by atoms with E-state index in [9.17, 15) is 5.11 Å². The molecule has 0 saturated heterocycles. The molecular formula is C22H16N8O. The fourth-order valence-corrected chi connectivity index (χ4v) is 3.71. The van der Waals surface area contributed by atoms with Gasteiger partial charge in [-0.3, -0.25) is 15.1 Å². The summed E-state index contributed by atoms with van der Waals surface area (Å²) < 4.78 is 1.96. The lowest BCUT2D eigenvalue weighted by molar-refractivity contribution is 0.473. The Labute approximate surface area is 175 Å². The van der Waals surface area contributed by atoms with E-state index in [0.717, 1.165) is 38.9 Å². The van der Waals surface area contributed by atoms with E-state index >= 15 is 0 Å². The molecule has 0 aliphatic heterocycles. The van der Waals surface area contributed by atoms with Crippen LogP contribution in [0.2, 0.25) is 0 Å². The van der Waals surface area contributed by atoms with Crippen molar-refractivity contribution in [3.05, 3.63) is 67.1 Å². The summed E-state index contributed by atoms with van der Waals surface area (Å²) in [6, 6.07) is 9.51. The molecule has 0 spiro atoms. The summed E-state index contributed by atoms with van der Waals surface area (Å²) in [7, 11) is 0. The van der Waals surface area contributed by atoms with Gasteiger partial charge in [-0.1, -0.05) is 6.07 Å². The van der Waals surface area contributed by atoms with Crippen LogP contribution in [0.5, 0.6) is 5.75 Å². The largest absolute Gasteiger partial charge is 0.506 e. The van der Waals surface area contributed by atoms with E-state index < -0.39 is 0 Å². The summed E-state index contributed by atoms with van der Waals surface area (Å²) in [6.07, 6.45) is 8.51. The predicted octanol–water partition coefficient (Wildman–Crippen LogP) is 3.76. The van der Waals surface area contributed by atoms with Gasteiger partial charge < -0.3 is 14.7 Å². The lowest BCUT2D eigenvalue weighted by Gasteiger charge is -2.02. The minimum Gasteiger partial charge on any atom is -0.506 e. The number of hydrogen-bond acceptors (Lipinski definition) is 6. The van der Waals surface area contributed by atoms with Crippen molar-refractivity contribution in [1.29, 1.82) is 0 Å². The van der Waals surface area contributed by atoms with E-state index in [1.54, 1.807) is 24.8 Å². The molecule has 150 valence electrons. The number of pyridine rings is 2. The van der Waals surface area contributed by atoms with Gasteiger partial charge in [0.15, 0.2) is 5.82 Å². The molecule has 5 heterocycles. The summed E-state index contributed by atoms with van der Waals surface area (Å²) in [5.41, 5.74) is 6.49. The van der Waals surface area contributed by atoms with Gasteiger partial charge in [-0.15, -0.1) is 0 Å². The Kier molecular flexibility index (Phi) is 3.63. The molecular weight excluding hydrogens is 392 g/mol. The molecule has 3 N–H and O–H groups in total. The van der Waals surface area contributed by atoms with E-state index in [4.69, 9.17) is 4.98 Å². The molecule has 0 radical (unpaired) electrons. The molecule has 31 heavy (non-hydrogen) atoms. The number of benzene rings is 1. The monoisotopic (exact) mass is 408 g/mol. The lowest BCUT2D eigenvalue weighted by Crippen LogP contribution is -1.91. The van der Waals surface area contributed by atoms with Crippen LogP contribution in [0.15, 0.2) is 61.4 Å². The van der Waals surface area contributed by atoms with Crippen molar-refractivity contribution in [1.82, 2.24) is 39.7 Å². The number of rotatable bonds is 3. The van der Waals surface area contributed by atoms with Crippen LogP contribution >= 0.6 is 0 Å².